The fraction of sp³-hybridized carbons (Fsp3) is 0.500. The summed E-state index contributed by atoms with van der Waals surface area (Å²) in [4.78, 5) is 0. The van der Waals surface area contributed by atoms with Gasteiger partial charge in [-0.1, -0.05) is 43.5 Å². The quantitative estimate of drug-likeness (QED) is 0.245. The molecular formula is C14H22N2O2. The number of oxime groups is 1. The summed E-state index contributed by atoms with van der Waals surface area (Å²) in [7, 11) is 0. The summed E-state index contributed by atoms with van der Waals surface area (Å²) in [6.45, 7) is 2.96. The average Bonchev–Trinajstić information content (AvgIpc) is 2.40. The molecular weight excluding hydrogens is 228 g/mol. The molecule has 0 fully saturated rings. The molecule has 4 heteroatoms. The van der Waals surface area contributed by atoms with Gasteiger partial charge >= 0.3 is 0 Å². The molecule has 3 N–H and O–H groups in total. The van der Waals surface area contributed by atoms with Gasteiger partial charge in [0.1, 0.15) is 11.6 Å². The summed E-state index contributed by atoms with van der Waals surface area (Å²) in [5.74, 6) is 1.08. The second kappa shape index (κ2) is 8.39. The molecule has 0 amide bonds. The molecule has 1 rings (SSSR count). The van der Waals surface area contributed by atoms with Crippen LogP contribution in [0.15, 0.2) is 29.4 Å². The number of hydrogen-bond donors (Lipinski definition) is 2. The second-order valence-corrected chi connectivity index (χ2v) is 4.32. The molecule has 0 radical (unpaired) electrons. The molecule has 0 aliphatic heterocycles. The highest BCUT2D eigenvalue weighted by atomic mass is 16.5. The number of unbranched alkanes of at least 4 members (excludes halogenated alkanes) is 3. The highest BCUT2D eigenvalue weighted by molar-refractivity contribution is 5.81. The molecule has 0 aliphatic rings. The minimum absolute atomic E-state index is 0.211. The minimum atomic E-state index is 0.211. The van der Waals surface area contributed by atoms with E-state index in [1.54, 1.807) is 0 Å². The Hall–Kier alpha value is -1.71. The number of nitrogens with zero attached hydrogens (tertiary/aromatic N) is 1. The van der Waals surface area contributed by atoms with E-state index in [-0.39, 0.29) is 5.84 Å². The lowest BCUT2D eigenvalue weighted by atomic mass is 10.1. The summed E-state index contributed by atoms with van der Waals surface area (Å²) in [6, 6.07) is 7.69. The lowest BCUT2D eigenvalue weighted by Crippen LogP contribution is -2.14. The first-order valence-electron chi connectivity index (χ1n) is 6.44. The van der Waals surface area contributed by atoms with Crippen molar-refractivity contribution in [2.45, 2.75) is 39.0 Å². The Labute approximate surface area is 108 Å². The van der Waals surface area contributed by atoms with Crippen molar-refractivity contribution in [3.8, 4) is 5.75 Å². The van der Waals surface area contributed by atoms with Crippen molar-refractivity contribution in [1.29, 1.82) is 0 Å². The molecule has 0 heterocycles. The summed E-state index contributed by atoms with van der Waals surface area (Å²) >= 11 is 0. The first-order chi connectivity index (χ1) is 8.76. The van der Waals surface area contributed by atoms with Crippen LogP contribution in [-0.2, 0) is 6.42 Å². The molecule has 0 aromatic heterocycles. The van der Waals surface area contributed by atoms with E-state index in [1.807, 2.05) is 24.3 Å². The summed E-state index contributed by atoms with van der Waals surface area (Å²) < 4.78 is 5.63. The molecule has 4 nitrogen and oxygen atoms in total. The molecule has 0 saturated carbocycles. The molecule has 0 unspecified atom stereocenters. The van der Waals surface area contributed by atoms with Crippen molar-refractivity contribution in [3.05, 3.63) is 29.8 Å². The Bertz CT molecular complexity index is 361. The lowest BCUT2D eigenvalue weighted by Gasteiger charge is -2.06. The predicted octanol–water partition coefficient (Wildman–Crippen LogP) is 2.93. The monoisotopic (exact) mass is 250 g/mol. The molecule has 0 atom stereocenters. The number of rotatable bonds is 8. The maximum Gasteiger partial charge on any atom is 0.143 e. The van der Waals surface area contributed by atoms with E-state index in [2.05, 4.69) is 12.1 Å². The smallest absolute Gasteiger partial charge is 0.143 e. The van der Waals surface area contributed by atoms with Gasteiger partial charge in [0.2, 0.25) is 0 Å². The zero-order chi connectivity index (χ0) is 13.2. The van der Waals surface area contributed by atoms with Crippen LogP contribution < -0.4 is 10.5 Å². The Balaban J connectivity index is 2.31. The first-order valence-corrected chi connectivity index (χ1v) is 6.44. The summed E-state index contributed by atoms with van der Waals surface area (Å²) in [6.07, 6.45) is 5.27. The van der Waals surface area contributed by atoms with Crippen molar-refractivity contribution in [2.75, 3.05) is 6.61 Å². The molecule has 100 valence electrons. The zero-order valence-corrected chi connectivity index (χ0v) is 10.9. The van der Waals surface area contributed by atoms with Crippen molar-refractivity contribution in [1.82, 2.24) is 0 Å². The van der Waals surface area contributed by atoms with Gasteiger partial charge in [-0.25, -0.2) is 0 Å². The van der Waals surface area contributed by atoms with E-state index in [0.717, 1.165) is 24.3 Å². The van der Waals surface area contributed by atoms with Gasteiger partial charge in [0.15, 0.2) is 0 Å². The van der Waals surface area contributed by atoms with Crippen LogP contribution in [0.5, 0.6) is 5.75 Å². The standard InChI is InChI=1S/C14H22N2O2/c1-2-3-4-5-10-18-13-8-6-12(7-9-13)11-14(15)16-17/h6-9,17H,2-5,10-11H2,1H3,(H2,15,16). The summed E-state index contributed by atoms with van der Waals surface area (Å²) in [5.41, 5.74) is 6.44. The third-order valence-corrected chi connectivity index (χ3v) is 2.70. The van der Waals surface area contributed by atoms with Gasteiger partial charge in [-0.05, 0) is 24.1 Å². The largest absolute Gasteiger partial charge is 0.494 e. The van der Waals surface area contributed by atoms with E-state index in [4.69, 9.17) is 15.7 Å². The summed E-state index contributed by atoms with van der Waals surface area (Å²) in [5, 5.41) is 11.4. The molecule has 1 aromatic rings. The first kappa shape index (κ1) is 14.4. The van der Waals surface area contributed by atoms with E-state index in [9.17, 15) is 0 Å². The number of amidine groups is 1. The molecule has 0 saturated heterocycles. The predicted molar refractivity (Wildman–Crippen MR) is 73.2 cm³/mol. The van der Waals surface area contributed by atoms with Crippen LogP contribution >= 0.6 is 0 Å². The lowest BCUT2D eigenvalue weighted by molar-refractivity contribution is 0.305. The third-order valence-electron chi connectivity index (χ3n) is 2.70. The van der Waals surface area contributed by atoms with Gasteiger partial charge in [-0.15, -0.1) is 0 Å². The van der Waals surface area contributed by atoms with Crippen LogP contribution in [0.2, 0.25) is 0 Å². The third kappa shape index (κ3) is 5.57. The highest BCUT2D eigenvalue weighted by Crippen LogP contribution is 2.13. The maximum absolute atomic E-state index is 8.48. The Morgan fingerprint density at radius 1 is 1.22 bits per heavy atom. The Kier molecular flexibility index (Phi) is 6.69. The van der Waals surface area contributed by atoms with Crippen LogP contribution in [0.3, 0.4) is 0 Å². The van der Waals surface area contributed by atoms with Crippen molar-refractivity contribution >= 4 is 5.84 Å². The van der Waals surface area contributed by atoms with E-state index in [0.29, 0.717) is 6.42 Å². The van der Waals surface area contributed by atoms with E-state index < -0.39 is 0 Å². The second-order valence-electron chi connectivity index (χ2n) is 4.32. The van der Waals surface area contributed by atoms with Gasteiger partial charge in [0, 0.05) is 6.42 Å². The normalized spacial score (nSPS) is 11.5. The number of ether oxygens (including phenoxy) is 1. The number of nitrogens with two attached hydrogens (primary N) is 1. The van der Waals surface area contributed by atoms with Gasteiger partial charge in [-0.2, -0.15) is 0 Å². The van der Waals surface area contributed by atoms with Gasteiger partial charge in [-0.3, -0.25) is 0 Å². The van der Waals surface area contributed by atoms with Crippen LogP contribution in [0, 0.1) is 0 Å². The van der Waals surface area contributed by atoms with Gasteiger partial charge in [0.25, 0.3) is 0 Å². The fourth-order valence-corrected chi connectivity index (χ4v) is 1.67. The molecule has 0 aliphatic carbocycles. The molecule has 18 heavy (non-hydrogen) atoms. The van der Waals surface area contributed by atoms with E-state index >= 15 is 0 Å². The van der Waals surface area contributed by atoms with Crippen LogP contribution in [0.4, 0.5) is 0 Å². The molecule has 1 aromatic carbocycles. The minimum Gasteiger partial charge on any atom is -0.494 e. The number of hydrogen-bond acceptors (Lipinski definition) is 3. The van der Waals surface area contributed by atoms with Gasteiger partial charge in [0.05, 0.1) is 6.61 Å². The van der Waals surface area contributed by atoms with E-state index in [1.165, 1.54) is 19.3 Å². The number of benzene rings is 1. The fourth-order valence-electron chi connectivity index (χ4n) is 1.67. The average molecular weight is 250 g/mol. The van der Waals surface area contributed by atoms with Crippen LogP contribution in [0.1, 0.15) is 38.2 Å². The highest BCUT2D eigenvalue weighted by Gasteiger charge is 1.99. The Morgan fingerprint density at radius 3 is 2.56 bits per heavy atom. The molecule has 0 spiro atoms. The maximum atomic E-state index is 8.48. The van der Waals surface area contributed by atoms with Crippen molar-refractivity contribution in [2.24, 2.45) is 10.9 Å². The van der Waals surface area contributed by atoms with Crippen LogP contribution in [0.25, 0.3) is 0 Å². The van der Waals surface area contributed by atoms with Gasteiger partial charge < -0.3 is 15.7 Å². The molecule has 0 bridgehead atoms. The zero-order valence-electron chi connectivity index (χ0n) is 10.9. The SMILES string of the molecule is CCCCCCOc1ccc(C/C(N)=N/O)cc1. The van der Waals surface area contributed by atoms with Crippen LogP contribution in [-0.4, -0.2) is 17.6 Å². The topological polar surface area (TPSA) is 67.8 Å². The van der Waals surface area contributed by atoms with Crippen molar-refractivity contribution < 1.29 is 9.94 Å². The Morgan fingerprint density at radius 2 is 1.94 bits per heavy atom. The van der Waals surface area contributed by atoms with Crippen molar-refractivity contribution in [3.63, 3.8) is 0 Å².